The van der Waals surface area contributed by atoms with Crippen LogP contribution in [0.15, 0.2) is 0 Å². The normalized spacial score (nSPS) is 27.2. The van der Waals surface area contributed by atoms with E-state index in [1.807, 2.05) is 6.92 Å². The maximum atomic E-state index is 9.32. The van der Waals surface area contributed by atoms with Crippen LogP contribution in [0.5, 0.6) is 0 Å². The third-order valence-corrected chi connectivity index (χ3v) is 3.16. The number of aliphatic hydroxyl groups excluding tert-OH is 1. The highest BCUT2D eigenvalue weighted by Gasteiger charge is 2.16. The summed E-state index contributed by atoms with van der Waals surface area (Å²) in [6.07, 6.45) is 6.59. The van der Waals surface area contributed by atoms with Gasteiger partial charge in [0, 0.05) is 6.54 Å². The van der Waals surface area contributed by atoms with Gasteiger partial charge >= 0.3 is 0 Å². The summed E-state index contributed by atoms with van der Waals surface area (Å²) in [6.45, 7) is 7.40. The zero-order valence-corrected chi connectivity index (χ0v) is 9.71. The second-order valence-electron chi connectivity index (χ2n) is 4.74. The van der Waals surface area contributed by atoms with Crippen molar-refractivity contribution in [3.8, 4) is 0 Å². The topological polar surface area (TPSA) is 23.5 Å². The Kier molecular flexibility index (Phi) is 5.49. The van der Waals surface area contributed by atoms with Crippen LogP contribution in [-0.2, 0) is 0 Å². The third kappa shape index (κ3) is 4.43. The van der Waals surface area contributed by atoms with E-state index in [-0.39, 0.29) is 6.10 Å². The maximum Gasteiger partial charge on any atom is 0.0639 e. The van der Waals surface area contributed by atoms with Crippen molar-refractivity contribution in [2.45, 2.75) is 52.1 Å². The van der Waals surface area contributed by atoms with Crippen molar-refractivity contribution in [3.05, 3.63) is 0 Å². The van der Waals surface area contributed by atoms with E-state index < -0.39 is 0 Å². The lowest BCUT2D eigenvalue weighted by Crippen LogP contribution is -2.31. The number of hydrogen-bond acceptors (Lipinski definition) is 2. The summed E-state index contributed by atoms with van der Waals surface area (Å²) in [5.74, 6) is 0.944. The third-order valence-electron chi connectivity index (χ3n) is 3.16. The summed E-state index contributed by atoms with van der Waals surface area (Å²) in [5, 5.41) is 9.32. The SMILES string of the molecule is CCCC1CCCN(CC(C)O)CC1. The fourth-order valence-corrected chi connectivity index (χ4v) is 2.48. The summed E-state index contributed by atoms with van der Waals surface area (Å²) < 4.78 is 0. The zero-order valence-electron chi connectivity index (χ0n) is 9.71. The molecule has 0 radical (unpaired) electrons. The molecule has 0 spiro atoms. The van der Waals surface area contributed by atoms with Crippen LogP contribution in [0.1, 0.15) is 46.0 Å². The Hall–Kier alpha value is -0.0800. The Bertz CT molecular complexity index is 147. The summed E-state index contributed by atoms with van der Waals surface area (Å²) in [4.78, 5) is 2.42. The van der Waals surface area contributed by atoms with Gasteiger partial charge < -0.3 is 10.0 Å². The maximum absolute atomic E-state index is 9.32. The highest BCUT2D eigenvalue weighted by atomic mass is 16.3. The van der Waals surface area contributed by atoms with Crippen molar-refractivity contribution in [2.24, 2.45) is 5.92 Å². The first kappa shape index (κ1) is 12.0. The van der Waals surface area contributed by atoms with Gasteiger partial charge in [-0.3, -0.25) is 0 Å². The van der Waals surface area contributed by atoms with Crippen LogP contribution < -0.4 is 0 Å². The van der Waals surface area contributed by atoms with Crippen molar-refractivity contribution >= 4 is 0 Å². The molecule has 1 fully saturated rings. The molecule has 0 amide bonds. The van der Waals surface area contributed by atoms with E-state index in [1.54, 1.807) is 0 Å². The highest BCUT2D eigenvalue weighted by Crippen LogP contribution is 2.21. The van der Waals surface area contributed by atoms with Crippen LogP contribution in [0, 0.1) is 5.92 Å². The second kappa shape index (κ2) is 6.41. The molecule has 2 heteroatoms. The molecule has 0 aliphatic carbocycles. The minimum absolute atomic E-state index is 0.169. The molecule has 0 saturated carbocycles. The van der Waals surface area contributed by atoms with Crippen molar-refractivity contribution in [1.82, 2.24) is 4.90 Å². The Balaban J connectivity index is 2.25. The number of rotatable bonds is 4. The molecule has 0 aromatic rings. The Labute approximate surface area is 88.3 Å². The number of nitrogens with zero attached hydrogens (tertiary/aromatic N) is 1. The molecule has 2 nitrogen and oxygen atoms in total. The molecule has 1 saturated heterocycles. The van der Waals surface area contributed by atoms with Crippen molar-refractivity contribution < 1.29 is 5.11 Å². The van der Waals surface area contributed by atoms with Gasteiger partial charge in [0.05, 0.1) is 6.10 Å². The van der Waals surface area contributed by atoms with Gasteiger partial charge in [-0.25, -0.2) is 0 Å². The van der Waals surface area contributed by atoms with Crippen LogP contribution in [-0.4, -0.2) is 35.7 Å². The van der Waals surface area contributed by atoms with Crippen LogP contribution in [0.4, 0.5) is 0 Å². The molecule has 84 valence electrons. The first-order chi connectivity index (χ1) is 6.72. The number of aliphatic hydroxyl groups is 1. The summed E-state index contributed by atoms with van der Waals surface area (Å²) in [7, 11) is 0. The Morgan fingerprint density at radius 2 is 2.14 bits per heavy atom. The van der Waals surface area contributed by atoms with Gasteiger partial charge in [0.25, 0.3) is 0 Å². The summed E-state index contributed by atoms with van der Waals surface area (Å²) in [6, 6.07) is 0. The minimum Gasteiger partial charge on any atom is -0.392 e. The van der Waals surface area contributed by atoms with Gasteiger partial charge in [-0.1, -0.05) is 19.8 Å². The molecular weight excluding hydrogens is 174 g/mol. The first-order valence-electron chi connectivity index (χ1n) is 6.12. The molecule has 14 heavy (non-hydrogen) atoms. The van der Waals surface area contributed by atoms with Crippen LogP contribution >= 0.6 is 0 Å². The Morgan fingerprint density at radius 3 is 2.79 bits per heavy atom. The molecule has 1 aliphatic heterocycles. The lowest BCUT2D eigenvalue weighted by atomic mass is 9.96. The smallest absolute Gasteiger partial charge is 0.0639 e. The van der Waals surface area contributed by atoms with Gasteiger partial charge in [0.15, 0.2) is 0 Å². The van der Waals surface area contributed by atoms with E-state index in [9.17, 15) is 5.11 Å². The van der Waals surface area contributed by atoms with Gasteiger partial charge in [0.1, 0.15) is 0 Å². The van der Waals surface area contributed by atoms with E-state index in [0.29, 0.717) is 0 Å². The zero-order chi connectivity index (χ0) is 10.4. The molecule has 1 rings (SSSR count). The lowest BCUT2D eigenvalue weighted by molar-refractivity contribution is 0.128. The lowest BCUT2D eigenvalue weighted by Gasteiger charge is -2.21. The highest BCUT2D eigenvalue weighted by molar-refractivity contribution is 4.71. The molecular formula is C12H25NO. The van der Waals surface area contributed by atoms with E-state index in [1.165, 1.54) is 45.2 Å². The molecule has 2 unspecified atom stereocenters. The van der Waals surface area contributed by atoms with Gasteiger partial charge in [-0.2, -0.15) is 0 Å². The molecule has 0 aromatic heterocycles. The van der Waals surface area contributed by atoms with E-state index >= 15 is 0 Å². The fourth-order valence-electron chi connectivity index (χ4n) is 2.48. The van der Waals surface area contributed by atoms with Gasteiger partial charge in [-0.05, 0) is 45.2 Å². The molecule has 1 N–H and O–H groups in total. The van der Waals surface area contributed by atoms with Gasteiger partial charge in [0.2, 0.25) is 0 Å². The van der Waals surface area contributed by atoms with Crippen LogP contribution in [0.3, 0.4) is 0 Å². The molecule has 1 aliphatic rings. The standard InChI is InChI=1S/C12H25NO/c1-3-5-12-6-4-8-13(9-7-12)10-11(2)14/h11-12,14H,3-10H2,1-2H3. The second-order valence-corrected chi connectivity index (χ2v) is 4.74. The molecule has 0 bridgehead atoms. The quantitative estimate of drug-likeness (QED) is 0.751. The summed E-state index contributed by atoms with van der Waals surface area (Å²) in [5.41, 5.74) is 0. The van der Waals surface area contributed by atoms with Crippen molar-refractivity contribution in [1.29, 1.82) is 0 Å². The Morgan fingerprint density at radius 1 is 1.36 bits per heavy atom. The minimum atomic E-state index is -0.169. The van der Waals surface area contributed by atoms with E-state index in [0.717, 1.165) is 12.5 Å². The molecule has 1 heterocycles. The number of β-amino-alcohol motifs (C(OH)–C–C–N with tert-alkyl or cyclic N) is 1. The molecule has 0 aromatic carbocycles. The van der Waals surface area contributed by atoms with E-state index in [2.05, 4.69) is 11.8 Å². The van der Waals surface area contributed by atoms with Gasteiger partial charge in [-0.15, -0.1) is 0 Å². The molecule has 2 atom stereocenters. The largest absolute Gasteiger partial charge is 0.392 e. The van der Waals surface area contributed by atoms with E-state index in [4.69, 9.17) is 0 Å². The average molecular weight is 199 g/mol. The van der Waals surface area contributed by atoms with Crippen molar-refractivity contribution in [3.63, 3.8) is 0 Å². The summed E-state index contributed by atoms with van der Waals surface area (Å²) >= 11 is 0. The predicted octanol–water partition coefficient (Wildman–Crippen LogP) is 2.27. The van der Waals surface area contributed by atoms with Crippen molar-refractivity contribution in [2.75, 3.05) is 19.6 Å². The monoisotopic (exact) mass is 199 g/mol. The predicted molar refractivity (Wildman–Crippen MR) is 60.4 cm³/mol. The average Bonchev–Trinajstić information content (AvgIpc) is 2.31. The van der Waals surface area contributed by atoms with Crippen LogP contribution in [0.25, 0.3) is 0 Å². The number of likely N-dealkylation sites (tertiary alicyclic amines) is 1. The fraction of sp³-hybridized carbons (Fsp3) is 1.00. The van der Waals surface area contributed by atoms with Crippen LogP contribution in [0.2, 0.25) is 0 Å². The number of hydrogen-bond donors (Lipinski definition) is 1. The first-order valence-corrected chi connectivity index (χ1v) is 6.12.